The summed E-state index contributed by atoms with van der Waals surface area (Å²) in [6.45, 7) is 1.92. The van der Waals surface area contributed by atoms with E-state index in [-0.39, 0.29) is 5.69 Å². The SMILES string of the molecule is Cc1ccc(-c2cc(C(=O)O)c(=O)n(-c3cccc(F)c3)n2)cc1. The van der Waals surface area contributed by atoms with Gasteiger partial charge in [-0.15, -0.1) is 0 Å². The van der Waals surface area contributed by atoms with Crippen molar-refractivity contribution >= 4 is 5.97 Å². The minimum atomic E-state index is -1.36. The maximum Gasteiger partial charge on any atom is 0.341 e. The van der Waals surface area contributed by atoms with Crippen LogP contribution in [0.3, 0.4) is 0 Å². The van der Waals surface area contributed by atoms with Crippen LogP contribution in [0.4, 0.5) is 4.39 Å². The lowest BCUT2D eigenvalue weighted by atomic mass is 10.1. The predicted molar refractivity (Wildman–Crippen MR) is 86.9 cm³/mol. The second-order valence-corrected chi connectivity index (χ2v) is 5.31. The molecular formula is C18H13FN2O3. The molecule has 1 aromatic heterocycles. The predicted octanol–water partition coefficient (Wildman–Crippen LogP) is 3.05. The molecule has 0 bridgehead atoms. The molecule has 0 fully saturated rings. The number of hydrogen-bond donors (Lipinski definition) is 1. The lowest BCUT2D eigenvalue weighted by Gasteiger charge is -2.09. The Kier molecular flexibility index (Phi) is 3.95. The van der Waals surface area contributed by atoms with E-state index in [1.54, 1.807) is 12.1 Å². The van der Waals surface area contributed by atoms with Crippen molar-refractivity contribution in [3.05, 3.63) is 81.9 Å². The molecule has 120 valence electrons. The number of nitrogens with zero attached hydrogens (tertiary/aromatic N) is 2. The Balaban J connectivity index is 2.27. The summed E-state index contributed by atoms with van der Waals surface area (Å²) >= 11 is 0. The summed E-state index contributed by atoms with van der Waals surface area (Å²) in [6.07, 6.45) is 0. The number of halogens is 1. The maximum atomic E-state index is 13.5. The van der Waals surface area contributed by atoms with E-state index in [1.165, 1.54) is 24.3 Å². The van der Waals surface area contributed by atoms with Gasteiger partial charge in [-0.2, -0.15) is 9.78 Å². The molecule has 3 rings (SSSR count). The molecule has 0 saturated heterocycles. The third kappa shape index (κ3) is 2.94. The number of hydrogen-bond acceptors (Lipinski definition) is 3. The van der Waals surface area contributed by atoms with Crippen molar-refractivity contribution < 1.29 is 14.3 Å². The van der Waals surface area contributed by atoms with Gasteiger partial charge in [-0.3, -0.25) is 4.79 Å². The van der Waals surface area contributed by atoms with E-state index in [9.17, 15) is 19.1 Å². The van der Waals surface area contributed by atoms with E-state index in [2.05, 4.69) is 5.10 Å². The van der Waals surface area contributed by atoms with Crippen LogP contribution in [0.2, 0.25) is 0 Å². The van der Waals surface area contributed by atoms with Crippen LogP contribution in [0.1, 0.15) is 15.9 Å². The van der Waals surface area contributed by atoms with E-state index in [4.69, 9.17) is 0 Å². The second kappa shape index (κ2) is 6.08. The van der Waals surface area contributed by atoms with Crippen molar-refractivity contribution in [3.8, 4) is 16.9 Å². The van der Waals surface area contributed by atoms with Crippen LogP contribution in [0.25, 0.3) is 16.9 Å². The van der Waals surface area contributed by atoms with E-state index in [1.807, 2.05) is 19.1 Å². The standard InChI is InChI=1S/C18H13FN2O3/c1-11-5-7-12(8-6-11)16-10-15(18(23)24)17(22)21(20-16)14-4-2-3-13(19)9-14/h2-10H,1H3,(H,23,24). The summed E-state index contributed by atoms with van der Waals surface area (Å²) in [4.78, 5) is 23.8. The first-order valence-corrected chi connectivity index (χ1v) is 7.16. The number of carboxylic acid groups (broad SMARTS) is 1. The molecule has 1 heterocycles. The first kappa shape index (κ1) is 15.6. The molecule has 24 heavy (non-hydrogen) atoms. The Morgan fingerprint density at radius 2 is 1.83 bits per heavy atom. The number of carbonyl (C=O) groups is 1. The third-order valence-electron chi connectivity index (χ3n) is 3.54. The molecular weight excluding hydrogens is 311 g/mol. The highest BCUT2D eigenvalue weighted by Crippen LogP contribution is 2.18. The number of benzene rings is 2. The van der Waals surface area contributed by atoms with Crippen LogP contribution in [-0.2, 0) is 0 Å². The summed E-state index contributed by atoms with van der Waals surface area (Å²) in [7, 11) is 0. The normalized spacial score (nSPS) is 10.6. The van der Waals surface area contributed by atoms with Gasteiger partial charge in [0.2, 0.25) is 0 Å². The van der Waals surface area contributed by atoms with Gasteiger partial charge in [-0.1, -0.05) is 35.9 Å². The smallest absolute Gasteiger partial charge is 0.341 e. The van der Waals surface area contributed by atoms with Crippen LogP contribution in [0.15, 0.2) is 59.4 Å². The number of aromatic carboxylic acids is 1. The zero-order valence-corrected chi connectivity index (χ0v) is 12.7. The summed E-state index contributed by atoms with van der Waals surface area (Å²) < 4.78 is 14.4. The molecule has 3 aromatic rings. The summed E-state index contributed by atoms with van der Waals surface area (Å²) in [5, 5.41) is 13.5. The van der Waals surface area contributed by atoms with Crippen molar-refractivity contribution in [1.29, 1.82) is 0 Å². The molecule has 0 unspecified atom stereocenters. The van der Waals surface area contributed by atoms with Gasteiger partial charge in [0.1, 0.15) is 11.4 Å². The van der Waals surface area contributed by atoms with Crippen LogP contribution in [-0.4, -0.2) is 20.9 Å². The zero-order valence-electron chi connectivity index (χ0n) is 12.7. The highest BCUT2D eigenvalue weighted by Gasteiger charge is 2.16. The second-order valence-electron chi connectivity index (χ2n) is 5.31. The largest absolute Gasteiger partial charge is 0.477 e. The first-order chi connectivity index (χ1) is 11.5. The van der Waals surface area contributed by atoms with Crippen LogP contribution in [0.5, 0.6) is 0 Å². The maximum absolute atomic E-state index is 13.5. The van der Waals surface area contributed by atoms with Gasteiger partial charge in [0, 0.05) is 5.56 Å². The minimum Gasteiger partial charge on any atom is -0.477 e. The monoisotopic (exact) mass is 324 g/mol. The van der Waals surface area contributed by atoms with Gasteiger partial charge in [0.05, 0.1) is 11.4 Å². The van der Waals surface area contributed by atoms with Crippen molar-refractivity contribution in [2.24, 2.45) is 0 Å². The molecule has 0 aliphatic heterocycles. The van der Waals surface area contributed by atoms with Crippen LogP contribution >= 0.6 is 0 Å². The van der Waals surface area contributed by atoms with Crippen molar-refractivity contribution in [2.45, 2.75) is 6.92 Å². The minimum absolute atomic E-state index is 0.163. The van der Waals surface area contributed by atoms with Gasteiger partial charge < -0.3 is 5.11 Å². The van der Waals surface area contributed by atoms with E-state index in [0.29, 0.717) is 11.3 Å². The quantitative estimate of drug-likeness (QED) is 0.804. The number of carboxylic acids is 1. The lowest BCUT2D eigenvalue weighted by molar-refractivity contribution is 0.0694. The van der Waals surface area contributed by atoms with Crippen LogP contribution < -0.4 is 5.56 Å². The van der Waals surface area contributed by atoms with Crippen molar-refractivity contribution in [2.75, 3.05) is 0 Å². The zero-order chi connectivity index (χ0) is 17.3. The Hall–Kier alpha value is -3.28. The van der Waals surface area contributed by atoms with Gasteiger partial charge in [0.15, 0.2) is 0 Å². The molecule has 0 spiro atoms. The molecule has 0 aliphatic carbocycles. The molecule has 0 atom stereocenters. The average molecular weight is 324 g/mol. The molecule has 0 radical (unpaired) electrons. The van der Waals surface area contributed by atoms with Crippen LogP contribution in [0, 0.1) is 12.7 Å². The number of aromatic nitrogens is 2. The Morgan fingerprint density at radius 3 is 2.46 bits per heavy atom. The molecule has 1 N–H and O–H groups in total. The summed E-state index contributed by atoms with van der Waals surface area (Å²) in [5.41, 5.74) is 0.936. The molecule has 0 amide bonds. The van der Waals surface area contributed by atoms with Gasteiger partial charge in [-0.25, -0.2) is 9.18 Å². The van der Waals surface area contributed by atoms with Gasteiger partial charge in [0.25, 0.3) is 5.56 Å². The fourth-order valence-corrected chi connectivity index (χ4v) is 2.30. The lowest BCUT2D eigenvalue weighted by Crippen LogP contribution is -2.27. The molecule has 0 aliphatic rings. The number of rotatable bonds is 3. The molecule has 2 aromatic carbocycles. The Morgan fingerprint density at radius 1 is 1.12 bits per heavy atom. The Labute approximate surface area is 136 Å². The van der Waals surface area contributed by atoms with Gasteiger partial charge >= 0.3 is 5.97 Å². The third-order valence-corrected chi connectivity index (χ3v) is 3.54. The fraction of sp³-hybridized carbons (Fsp3) is 0.0556. The molecule has 0 saturated carbocycles. The van der Waals surface area contributed by atoms with Crippen molar-refractivity contribution in [3.63, 3.8) is 0 Å². The fourth-order valence-electron chi connectivity index (χ4n) is 2.30. The summed E-state index contributed by atoms with van der Waals surface area (Å²) in [5.74, 6) is -1.90. The first-order valence-electron chi connectivity index (χ1n) is 7.16. The molecule has 5 nitrogen and oxygen atoms in total. The average Bonchev–Trinajstić information content (AvgIpc) is 2.55. The van der Waals surface area contributed by atoms with E-state index >= 15 is 0 Å². The summed E-state index contributed by atoms with van der Waals surface area (Å²) in [6, 6.07) is 13.8. The van der Waals surface area contributed by atoms with E-state index in [0.717, 1.165) is 16.3 Å². The van der Waals surface area contributed by atoms with Crippen molar-refractivity contribution in [1.82, 2.24) is 9.78 Å². The highest BCUT2D eigenvalue weighted by atomic mass is 19.1. The molecule has 6 heteroatoms. The van der Waals surface area contributed by atoms with Gasteiger partial charge in [-0.05, 0) is 31.2 Å². The highest BCUT2D eigenvalue weighted by molar-refractivity contribution is 5.88. The Bertz CT molecular complexity index is 978. The topological polar surface area (TPSA) is 72.2 Å². The number of aryl methyl sites for hydroxylation is 1. The van der Waals surface area contributed by atoms with E-state index < -0.39 is 22.9 Å².